The third kappa shape index (κ3) is 8.11. The lowest BCUT2D eigenvalue weighted by atomic mass is 9.83. The molecule has 3 aromatic rings. The Morgan fingerprint density at radius 3 is 2.32 bits per heavy atom. The number of amidine groups is 1. The maximum Gasteiger partial charge on any atom is 0.232 e. The fourth-order valence-corrected chi connectivity index (χ4v) is 6.02. The number of pyridine rings is 2. The van der Waals surface area contributed by atoms with Crippen molar-refractivity contribution < 1.29 is 9.59 Å². The summed E-state index contributed by atoms with van der Waals surface area (Å²) in [5, 5.41) is 19.6. The Morgan fingerprint density at radius 1 is 1.00 bits per heavy atom. The number of rotatable bonds is 8. The van der Waals surface area contributed by atoms with Crippen LogP contribution in [0.15, 0.2) is 41.8 Å². The van der Waals surface area contributed by atoms with E-state index >= 15 is 0 Å². The van der Waals surface area contributed by atoms with Crippen LogP contribution in [0.4, 0.5) is 16.5 Å². The van der Waals surface area contributed by atoms with Gasteiger partial charge in [-0.05, 0) is 49.4 Å². The number of nitrogens with two attached hydrogens (primary N) is 3. The highest BCUT2D eigenvalue weighted by Gasteiger charge is 2.27. The van der Waals surface area contributed by atoms with Gasteiger partial charge in [0.25, 0.3) is 0 Å². The average molecular weight is 555 g/mol. The first-order chi connectivity index (χ1) is 18.4. The van der Waals surface area contributed by atoms with Gasteiger partial charge in [0.2, 0.25) is 16.9 Å². The van der Waals surface area contributed by atoms with Crippen molar-refractivity contribution in [1.82, 2.24) is 25.5 Å². The summed E-state index contributed by atoms with van der Waals surface area (Å²) in [6.45, 7) is 0. The summed E-state index contributed by atoms with van der Waals surface area (Å²) in [6.07, 6.45) is 7.37. The van der Waals surface area contributed by atoms with Crippen LogP contribution < -0.4 is 27.9 Å². The van der Waals surface area contributed by atoms with E-state index < -0.39 is 0 Å². The molecule has 0 saturated heterocycles. The van der Waals surface area contributed by atoms with E-state index in [1.165, 1.54) is 35.5 Å². The first kappa shape index (κ1) is 27.3. The number of hydrogen-bond donors (Lipinski definition) is 5. The molecule has 12 nitrogen and oxygen atoms in total. The second-order valence-corrected chi connectivity index (χ2v) is 11.1. The summed E-state index contributed by atoms with van der Waals surface area (Å²) in [6, 6.07) is 6.86. The SMILES string of the molecule is N/N=C(/NC(=O)Cc1ccc(N)cn1)SCC1CCC[C@H](c2nnc(NC(=O)Cc3ccc(N)cn3)s2)C1. The lowest BCUT2D eigenvalue weighted by Gasteiger charge is -2.27. The number of carbonyl (C=O) groups excluding carboxylic acids is 2. The van der Waals surface area contributed by atoms with E-state index in [2.05, 4.69) is 35.9 Å². The lowest BCUT2D eigenvalue weighted by Crippen LogP contribution is -2.31. The molecule has 1 aliphatic carbocycles. The van der Waals surface area contributed by atoms with E-state index in [-0.39, 0.29) is 30.6 Å². The summed E-state index contributed by atoms with van der Waals surface area (Å²) in [4.78, 5) is 33.0. The van der Waals surface area contributed by atoms with Crippen LogP contribution in [0.1, 0.15) is 48.0 Å². The number of thioether (sulfide) groups is 1. The van der Waals surface area contributed by atoms with E-state index in [1.807, 2.05) is 0 Å². The van der Waals surface area contributed by atoms with Crippen molar-refractivity contribution in [3.05, 3.63) is 53.1 Å². The number of hydrogen-bond acceptors (Lipinski definition) is 12. The number of anilines is 3. The zero-order valence-corrected chi connectivity index (χ0v) is 22.3. The van der Waals surface area contributed by atoms with Gasteiger partial charge in [-0.15, -0.1) is 10.2 Å². The molecule has 2 atom stereocenters. The van der Waals surface area contributed by atoms with Gasteiger partial charge in [0.05, 0.1) is 36.6 Å². The highest BCUT2D eigenvalue weighted by Crippen LogP contribution is 2.39. The second-order valence-electron chi connectivity index (χ2n) is 9.04. The standard InChI is InChI=1S/C24H30N10O2S2/c25-16-4-6-18(28-11-16)9-20(35)30-23(32-27)37-13-14-2-1-3-15(8-14)22-33-34-24(38-22)31-21(36)10-19-7-5-17(26)12-29-19/h4-7,11-12,14-15H,1-3,8-10,13,25-27H2,(H,30,32,35)(H,31,34,36)/t14?,15-/m0/s1. The van der Waals surface area contributed by atoms with Crippen molar-refractivity contribution in [2.24, 2.45) is 16.9 Å². The van der Waals surface area contributed by atoms with E-state index in [9.17, 15) is 9.59 Å². The van der Waals surface area contributed by atoms with E-state index in [1.54, 1.807) is 24.3 Å². The number of amides is 2. The number of carbonyl (C=O) groups is 2. The van der Waals surface area contributed by atoms with Crippen LogP contribution in [-0.4, -0.2) is 42.9 Å². The molecule has 14 heteroatoms. The lowest BCUT2D eigenvalue weighted by molar-refractivity contribution is -0.119. The van der Waals surface area contributed by atoms with Gasteiger partial charge in [0.15, 0.2) is 5.17 Å². The number of hydrazone groups is 1. The van der Waals surface area contributed by atoms with Crippen molar-refractivity contribution in [2.45, 2.75) is 44.4 Å². The topological polar surface area (TPSA) is 200 Å². The average Bonchev–Trinajstić information content (AvgIpc) is 3.37. The van der Waals surface area contributed by atoms with Gasteiger partial charge in [0.1, 0.15) is 5.01 Å². The maximum atomic E-state index is 12.4. The first-order valence-electron chi connectivity index (χ1n) is 12.1. The van der Waals surface area contributed by atoms with Crippen LogP contribution >= 0.6 is 23.1 Å². The van der Waals surface area contributed by atoms with Crippen LogP contribution in [0.2, 0.25) is 0 Å². The van der Waals surface area contributed by atoms with Gasteiger partial charge in [-0.3, -0.25) is 19.6 Å². The molecule has 2 amide bonds. The molecule has 1 fully saturated rings. The van der Waals surface area contributed by atoms with Gasteiger partial charge in [-0.2, -0.15) is 5.10 Å². The molecule has 38 heavy (non-hydrogen) atoms. The van der Waals surface area contributed by atoms with Gasteiger partial charge in [0, 0.05) is 23.1 Å². The monoisotopic (exact) mass is 554 g/mol. The Kier molecular flexibility index (Phi) is 9.43. The van der Waals surface area contributed by atoms with Gasteiger partial charge >= 0.3 is 0 Å². The summed E-state index contributed by atoms with van der Waals surface area (Å²) < 4.78 is 0. The Hall–Kier alpha value is -3.78. The minimum absolute atomic E-state index is 0.109. The second kappa shape index (κ2) is 13.1. The molecule has 200 valence electrons. The normalized spacial score (nSPS) is 17.6. The van der Waals surface area contributed by atoms with Crippen molar-refractivity contribution >= 4 is 56.6 Å². The summed E-state index contributed by atoms with van der Waals surface area (Å²) in [7, 11) is 0. The molecule has 0 spiro atoms. The molecule has 8 N–H and O–H groups in total. The molecule has 1 unspecified atom stereocenters. The van der Waals surface area contributed by atoms with E-state index in [0.29, 0.717) is 39.0 Å². The highest BCUT2D eigenvalue weighted by molar-refractivity contribution is 8.13. The predicted octanol–water partition coefficient (Wildman–Crippen LogP) is 2.27. The Balaban J connectivity index is 1.23. The fourth-order valence-electron chi connectivity index (χ4n) is 4.16. The van der Waals surface area contributed by atoms with Gasteiger partial charge in [-0.1, -0.05) is 29.5 Å². The minimum atomic E-state index is -0.240. The molecular formula is C24H30N10O2S2. The van der Waals surface area contributed by atoms with Crippen LogP contribution in [0.5, 0.6) is 0 Å². The van der Waals surface area contributed by atoms with Gasteiger partial charge < -0.3 is 27.9 Å². The first-order valence-corrected chi connectivity index (χ1v) is 13.9. The Labute approximate surface area is 228 Å². The van der Waals surface area contributed by atoms with Crippen molar-refractivity contribution in [2.75, 3.05) is 22.5 Å². The van der Waals surface area contributed by atoms with Crippen LogP contribution in [0.3, 0.4) is 0 Å². The van der Waals surface area contributed by atoms with Crippen molar-refractivity contribution in [3.63, 3.8) is 0 Å². The number of nitrogens with zero attached hydrogens (tertiary/aromatic N) is 5. The number of nitrogen functional groups attached to an aromatic ring is 2. The number of nitrogens with one attached hydrogen (secondary N) is 2. The quantitative estimate of drug-likeness (QED) is 0.119. The third-order valence-corrected chi connectivity index (χ3v) is 8.14. The van der Waals surface area contributed by atoms with Crippen LogP contribution in [-0.2, 0) is 22.4 Å². The summed E-state index contributed by atoms with van der Waals surface area (Å²) in [5.74, 6) is 6.52. The van der Waals surface area contributed by atoms with Gasteiger partial charge in [-0.25, -0.2) is 0 Å². The highest BCUT2D eigenvalue weighted by atomic mass is 32.2. The predicted molar refractivity (Wildman–Crippen MR) is 150 cm³/mol. The molecule has 3 heterocycles. The molecular weight excluding hydrogens is 524 g/mol. The smallest absolute Gasteiger partial charge is 0.232 e. The Bertz CT molecular complexity index is 1260. The fraction of sp³-hybridized carbons (Fsp3) is 0.375. The molecule has 0 bridgehead atoms. The van der Waals surface area contributed by atoms with E-state index in [4.69, 9.17) is 17.3 Å². The molecule has 0 radical (unpaired) electrons. The van der Waals surface area contributed by atoms with Crippen LogP contribution in [0, 0.1) is 5.92 Å². The number of aromatic nitrogens is 4. The zero-order valence-electron chi connectivity index (χ0n) is 20.7. The molecule has 3 aromatic heterocycles. The molecule has 1 aliphatic rings. The third-order valence-electron chi connectivity index (χ3n) is 6.02. The largest absolute Gasteiger partial charge is 0.397 e. The van der Waals surface area contributed by atoms with Crippen molar-refractivity contribution in [1.29, 1.82) is 0 Å². The Morgan fingerprint density at radius 2 is 1.68 bits per heavy atom. The summed E-state index contributed by atoms with van der Waals surface area (Å²) >= 11 is 2.84. The van der Waals surface area contributed by atoms with Crippen molar-refractivity contribution in [3.8, 4) is 0 Å². The van der Waals surface area contributed by atoms with E-state index in [0.717, 1.165) is 36.4 Å². The zero-order chi connectivity index (χ0) is 26.9. The van der Waals surface area contributed by atoms with Crippen LogP contribution in [0.25, 0.3) is 0 Å². The molecule has 1 saturated carbocycles. The summed E-state index contributed by atoms with van der Waals surface area (Å²) in [5.41, 5.74) is 13.6. The molecule has 4 rings (SSSR count). The maximum absolute atomic E-state index is 12.4. The molecule has 0 aliphatic heterocycles. The molecule has 0 aromatic carbocycles. The minimum Gasteiger partial charge on any atom is -0.397 e.